The lowest BCUT2D eigenvalue weighted by Crippen LogP contribution is -2.46. The van der Waals surface area contributed by atoms with Crippen LogP contribution in [0.15, 0.2) is 71.6 Å². The zero-order valence-corrected chi connectivity index (χ0v) is 15.8. The van der Waals surface area contributed by atoms with Crippen molar-refractivity contribution >= 4 is 10.0 Å². The van der Waals surface area contributed by atoms with E-state index in [9.17, 15) is 8.42 Å². The van der Waals surface area contributed by atoms with Gasteiger partial charge in [-0.1, -0.05) is 74.0 Å². The Morgan fingerprint density at radius 1 is 0.880 bits per heavy atom. The average Bonchev–Trinajstić information content (AvgIpc) is 2.58. The van der Waals surface area contributed by atoms with Crippen molar-refractivity contribution < 1.29 is 8.42 Å². The molecule has 0 saturated carbocycles. The van der Waals surface area contributed by atoms with Gasteiger partial charge >= 0.3 is 0 Å². The van der Waals surface area contributed by atoms with Gasteiger partial charge in [0.15, 0.2) is 0 Å². The molecular weight excluding hydrogens is 330 g/mol. The van der Waals surface area contributed by atoms with Gasteiger partial charge in [-0.2, -0.15) is 4.72 Å². The van der Waals surface area contributed by atoms with Crippen LogP contribution in [0.3, 0.4) is 0 Å². The maximum Gasteiger partial charge on any atom is 0.241 e. The number of aryl methyl sites for hydroxylation is 1. The van der Waals surface area contributed by atoms with Gasteiger partial charge in [0.1, 0.15) is 0 Å². The van der Waals surface area contributed by atoms with Crippen molar-refractivity contribution in [2.24, 2.45) is 5.41 Å². The highest BCUT2D eigenvalue weighted by atomic mass is 32.2. The molecule has 0 spiro atoms. The average molecular weight is 356 g/mol. The fraction of sp³-hybridized carbons (Fsp3) is 0.333. The Kier molecular flexibility index (Phi) is 4.60. The quantitative estimate of drug-likeness (QED) is 0.818. The lowest BCUT2D eigenvalue weighted by molar-refractivity contribution is 0.315. The first-order valence-corrected chi connectivity index (χ1v) is 10.1. The fourth-order valence-electron chi connectivity index (χ4n) is 3.19. The Balaban J connectivity index is 2.03. The second kappa shape index (κ2) is 6.43. The fourth-order valence-corrected chi connectivity index (χ4v) is 4.57. The molecule has 0 unspecified atom stereocenters. The highest BCUT2D eigenvalue weighted by Crippen LogP contribution is 2.40. The van der Waals surface area contributed by atoms with Gasteiger partial charge in [0.2, 0.25) is 10.0 Å². The van der Waals surface area contributed by atoms with E-state index in [2.05, 4.69) is 24.6 Å². The Hall–Kier alpha value is -1.91. The molecule has 3 rings (SSSR count). The van der Waals surface area contributed by atoms with Crippen molar-refractivity contribution in [3.05, 3.63) is 77.9 Å². The van der Waals surface area contributed by atoms with E-state index in [4.69, 9.17) is 0 Å². The zero-order chi connectivity index (χ0) is 18.1. The zero-order valence-electron chi connectivity index (χ0n) is 15.0. The van der Waals surface area contributed by atoms with Crippen molar-refractivity contribution in [2.75, 3.05) is 0 Å². The van der Waals surface area contributed by atoms with Gasteiger partial charge < -0.3 is 0 Å². The smallest absolute Gasteiger partial charge is 0.207 e. The standard InChI is InChI=1S/C21H25NO2S/c1-17-9-11-19(12-10-17)25(23,24)22-21(18-7-5-4-6-8-18)15-13-20(2,3)14-16-21/h4-13,15,22H,14,16H2,1-3H3/t21-/m1/s1. The summed E-state index contributed by atoms with van der Waals surface area (Å²) in [4.78, 5) is 0.298. The van der Waals surface area contributed by atoms with Gasteiger partial charge in [0.05, 0.1) is 10.4 Å². The number of benzene rings is 2. The Bertz CT molecular complexity index is 868. The second-order valence-corrected chi connectivity index (χ2v) is 9.26. The maximum absolute atomic E-state index is 13.0. The summed E-state index contributed by atoms with van der Waals surface area (Å²) in [5.41, 5.74) is 1.38. The number of rotatable bonds is 4. The lowest BCUT2D eigenvalue weighted by Gasteiger charge is -2.39. The molecule has 2 aromatic rings. The molecule has 0 aliphatic heterocycles. The Morgan fingerprint density at radius 2 is 1.52 bits per heavy atom. The minimum absolute atomic E-state index is 0.0770. The van der Waals surface area contributed by atoms with Crippen LogP contribution < -0.4 is 4.72 Å². The third-order valence-electron chi connectivity index (χ3n) is 4.92. The first kappa shape index (κ1) is 17.9. The number of hydrogen-bond acceptors (Lipinski definition) is 2. The van der Waals surface area contributed by atoms with Gasteiger partial charge in [-0.05, 0) is 42.9 Å². The summed E-state index contributed by atoms with van der Waals surface area (Å²) in [5, 5.41) is 0. The maximum atomic E-state index is 13.0. The summed E-state index contributed by atoms with van der Waals surface area (Å²) >= 11 is 0. The van der Waals surface area contributed by atoms with Crippen LogP contribution >= 0.6 is 0 Å². The Morgan fingerprint density at radius 3 is 2.08 bits per heavy atom. The highest BCUT2D eigenvalue weighted by molar-refractivity contribution is 7.89. The molecule has 3 nitrogen and oxygen atoms in total. The molecule has 2 aromatic carbocycles. The normalized spacial score (nSPS) is 22.7. The van der Waals surface area contributed by atoms with Crippen molar-refractivity contribution in [1.29, 1.82) is 0 Å². The molecule has 0 aromatic heterocycles. The number of nitrogens with one attached hydrogen (secondary N) is 1. The molecule has 132 valence electrons. The molecule has 1 aliphatic rings. The largest absolute Gasteiger partial charge is 0.241 e. The molecule has 0 radical (unpaired) electrons. The number of hydrogen-bond donors (Lipinski definition) is 1. The molecule has 1 N–H and O–H groups in total. The van der Waals surface area contributed by atoms with Crippen LogP contribution in [0.2, 0.25) is 0 Å². The summed E-state index contributed by atoms with van der Waals surface area (Å²) < 4.78 is 29.0. The van der Waals surface area contributed by atoms with Crippen LogP contribution in [0.4, 0.5) is 0 Å². The van der Waals surface area contributed by atoms with Gasteiger partial charge in [-0.15, -0.1) is 0 Å². The molecular formula is C21H25NO2S. The van der Waals surface area contributed by atoms with E-state index in [1.54, 1.807) is 12.1 Å². The minimum atomic E-state index is -3.62. The van der Waals surface area contributed by atoms with Gasteiger partial charge in [0, 0.05) is 0 Å². The van der Waals surface area contributed by atoms with Gasteiger partial charge in [-0.3, -0.25) is 0 Å². The molecule has 1 aliphatic carbocycles. The highest BCUT2D eigenvalue weighted by Gasteiger charge is 2.39. The molecule has 0 heterocycles. The van der Waals surface area contributed by atoms with E-state index in [1.807, 2.05) is 55.5 Å². The molecule has 0 saturated heterocycles. The summed E-state index contributed by atoms with van der Waals surface area (Å²) in [5.74, 6) is 0. The topological polar surface area (TPSA) is 46.2 Å². The van der Waals surface area contributed by atoms with E-state index in [-0.39, 0.29) is 5.41 Å². The van der Waals surface area contributed by atoms with Crippen molar-refractivity contribution in [1.82, 2.24) is 4.72 Å². The summed E-state index contributed by atoms with van der Waals surface area (Å²) in [7, 11) is -3.62. The molecule has 0 fully saturated rings. The molecule has 4 heteroatoms. The SMILES string of the molecule is Cc1ccc(S(=O)(=O)N[C@]2(c3ccccc3)C=CC(C)(C)CC2)cc1. The van der Waals surface area contributed by atoms with Crippen LogP contribution in [0.1, 0.15) is 37.8 Å². The predicted molar refractivity (Wildman–Crippen MR) is 102 cm³/mol. The van der Waals surface area contributed by atoms with Gasteiger partial charge in [-0.25, -0.2) is 8.42 Å². The third kappa shape index (κ3) is 3.86. The number of sulfonamides is 1. The summed E-state index contributed by atoms with van der Waals surface area (Å²) in [6.07, 6.45) is 5.79. The van der Waals surface area contributed by atoms with E-state index < -0.39 is 15.6 Å². The van der Waals surface area contributed by atoms with E-state index in [1.165, 1.54) is 0 Å². The van der Waals surface area contributed by atoms with Crippen LogP contribution in [-0.2, 0) is 15.6 Å². The predicted octanol–water partition coefficient (Wildman–Crippen LogP) is 4.55. The molecule has 0 amide bonds. The van der Waals surface area contributed by atoms with Crippen LogP contribution in [0.5, 0.6) is 0 Å². The minimum Gasteiger partial charge on any atom is -0.207 e. The summed E-state index contributed by atoms with van der Waals surface area (Å²) in [6.45, 7) is 6.29. The monoisotopic (exact) mass is 355 g/mol. The Labute approximate surface area is 150 Å². The first-order valence-electron chi connectivity index (χ1n) is 8.59. The van der Waals surface area contributed by atoms with Crippen LogP contribution in [-0.4, -0.2) is 8.42 Å². The van der Waals surface area contributed by atoms with Crippen molar-refractivity contribution in [3.8, 4) is 0 Å². The van der Waals surface area contributed by atoms with E-state index in [0.29, 0.717) is 4.90 Å². The molecule has 25 heavy (non-hydrogen) atoms. The molecule has 1 atom stereocenters. The summed E-state index contributed by atoms with van der Waals surface area (Å²) in [6, 6.07) is 16.8. The van der Waals surface area contributed by atoms with Crippen LogP contribution in [0.25, 0.3) is 0 Å². The van der Waals surface area contributed by atoms with Crippen LogP contribution in [0, 0.1) is 12.3 Å². The third-order valence-corrected chi connectivity index (χ3v) is 6.45. The van der Waals surface area contributed by atoms with E-state index >= 15 is 0 Å². The molecule has 0 bridgehead atoms. The van der Waals surface area contributed by atoms with Crippen molar-refractivity contribution in [3.63, 3.8) is 0 Å². The van der Waals surface area contributed by atoms with E-state index in [0.717, 1.165) is 24.0 Å². The number of allylic oxidation sites excluding steroid dienone is 1. The first-order chi connectivity index (χ1) is 11.7. The lowest BCUT2D eigenvalue weighted by atomic mass is 9.73. The van der Waals surface area contributed by atoms with Gasteiger partial charge in [0.25, 0.3) is 0 Å². The second-order valence-electron chi connectivity index (χ2n) is 7.58. The van der Waals surface area contributed by atoms with Crippen molar-refractivity contribution in [2.45, 2.75) is 44.0 Å².